The van der Waals surface area contributed by atoms with Gasteiger partial charge in [-0.05, 0) is 49.6 Å². The van der Waals surface area contributed by atoms with Gasteiger partial charge in [0.1, 0.15) is 15.9 Å². The molecule has 31 heavy (non-hydrogen) atoms. The molecular formula is C23H28FN5OS. The fraction of sp³-hybridized carbons (Fsp3) is 0.391. The van der Waals surface area contributed by atoms with Crippen LogP contribution in [0.2, 0.25) is 0 Å². The van der Waals surface area contributed by atoms with Crippen molar-refractivity contribution in [3.63, 3.8) is 0 Å². The molecule has 3 heterocycles. The summed E-state index contributed by atoms with van der Waals surface area (Å²) in [5, 5.41) is 7.05. The topological polar surface area (TPSA) is 83.3 Å². The molecule has 3 aromatic rings. The molecule has 1 atom stereocenters. The summed E-state index contributed by atoms with van der Waals surface area (Å²) in [6.45, 7) is 7.89. The van der Waals surface area contributed by atoms with Gasteiger partial charge < -0.3 is 21.3 Å². The third kappa shape index (κ3) is 4.65. The number of nitrogen functional groups attached to an aromatic ring is 1. The molecule has 0 spiro atoms. The lowest BCUT2D eigenvalue weighted by atomic mass is 10.1. The van der Waals surface area contributed by atoms with Crippen molar-refractivity contribution in [1.82, 2.24) is 15.6 Å². The number of hydrogen-bond acceptors (Lipinski definition) is 6. The van der Waals surface area contributed by atoms with Crippen molar-refractivity contribution in [1.29, 1.82) is 0 Å². The molecule has 8 heteroatoms. The van der Waals surface area contributed by atoms with E-state index in [0.717, 1.165) is 43.5 Å². The number of thiophene rings is 1. The number of rotatable bonds is 6. The molecule has 6 nitrogen and oxygen atoms in total. The van der Waals surface area contributed by atoms with Gasteiger partial charge in [-0.1, -0.05) is 12.1 Å². The molecule has 2 aromatic heterocycles. The molecule has 4 N–H and O–H groups in total. The maximum Gasteiger partial charge on any atom is 0.263 e. The van der Waals surface area contributed by atoms with Crippen molar-refractivity contribution >= 4 is 38.8 Å². The molecule has 0 saturated carbocycles. The molecule has 1 aromatic carbocycles. The van der Waals surface area contributed by atoms with Crippen LogP contribution in [0.5, 0.6) is 0 Å². The molecule has 164 valence electrons. The SMILES string of the molecule is Cc1cc(C(C)F)nc2sc(C(=O)NCCc3ccc(N4CCNCC4)cc3)c(N)c12. The summed E-state index contributed by atoms with van der Waals surface area (Å²) >= 11 is 1.22. The highest BCUT2D eigenvalue weighted by molar-refractivity contribution is 7.21. The van der Waals surface area contributed by atoms with Gasteiger partial charge >= 0.3 is 0 Å². The van der Waals surface area contributed by atoms with Crippen LogP contribution in [0, 0.1) is 6.92 Å². The number of aromatic nitrogens is 1. The van der Waals surface area contributed by atoms with Gasteiger partial charge in [-0.2, -0.15) is 0 Å². The summed E-state index contributed by atoms with van der Waals surface area (Å²) in [7, 11) is 0. The van der Waals surface area contributed by atoms with E-state index in [1.54, 1.807) is 6.07 Å². The van der Waals surface area contributed by atoms with Gasteiger partial charge in [0.05, 0.1) is 11.4 Å². The lowest BCUT2D eigenvalue weighted by Gasteiger charge is -2.29. The van der Waals surface area contributed by atoms with Crippen LogP contribution in [0.3, 0.4) is 0 Å². The number of amides is 1. The minimum absolute atomic E-state index is 0.216. The first-order chi connectivity index (χ1) is 14.9. The average molecular weight is 442 g/mol. The number of anilines is 2. The Balaban J connectivity index is 1.39. The van der Waals surface area contributed by atoms with Crippen LogP contribution in [0.4, 0.5) is 15.8 Å². The van der Waals surface area contributed by atoms with Crippen LogP contribution in [0.1, 0.15) is 39.6 Å². The minimum atomic E-state index is -1.17. The number of carbonyl (C=O) groups excluding carboxylic acids is 1. The number of nitrogens with zero attached hydrogens (tertiary/aromatic N) is 2. The molecule has 0 bridgehead atoms. The zero-order valence-electron chi connectivity index (χ0n) is 17.9. The Morgan fingerprint density at radius 3 is 2.71 bits per heavy atom. The first-order valence-electron chi connectivity index (χ1n) is 10.6. The summed E-state index contributed by atoms with van der Waals surface area (Å²) in [4.78, 5) is 20.5. The predicted octanol–water partition coefficient (Wildman–Crippen LogP) is 3.60. The van der Waals surface area contributed by atoms with Crippen molar-refractivity contribution in [2.75, 3.05) is 43.4 Å². The predicted molar refractivity (Wildman–Crippen MR) is 126 cm³/mol. The normalized spacial score (nSPS) is 15.3. The largest absolute Gasteiger partial charge is 0.397 e. The Bertz CT molecular complexity index is 1070. The van der Waals surface area contributed by atoms with Crippen molar-refractivity contribution in [3.05, 3.63) is 52.0 Å². The number of carbonyl (C=O) groups is 1. The van der Waals surface area contributed by atoms with Crippen molar-refractivity contribution in [2.45, 2.75) is 26.4 Å². The average Bonchev–Trinajstić information content (AvgIpc) is 3.11. The van der Waals surface area contributed by atoms with E-state index in [9.17, 15) is 9.18 Å². The Kier molecular flexibility index (Phi) is 6.38. The van der Waals surface area contributed by atoms with E-state index in [-0.39, 0.29) is 5.91 Å². The summed E-state index contributed by atoms with van der Waals surface area (Å²) in [5.74, 6) is -0.216. The summed E-state index contributed by atoms with van der Waals surface area (Å²) in [6, 6.07) is 10.2. The number of nitrogens with one attached hydrogen (secondary N) is 2. The van der Waals surface area contributed by atoms with E-state index in [1.165, 1.54) is 29.5 Å². The van der Waals surface area contributed by atoms with Crippen LogP contribution >= 0.6 is 11.3 Å². The molecule has 0 aliphatic carbocycles. The second-order valence-electron chi connectivity index (χ2n) is 7.91. The molecule has 1 amide bonds. The third-order valence-corrected chi connectivity index (χ3v) is 6.75. The summed E-state index contributed by atoms with van der Waals surface area (Å²) in [6.07, 6.45) is -0.430. The van der Waals surface area contributed by atoms with E-state index in [2.05, 4.69) is 44.8 Å². The van der Waals surface area contributed by atoms with Crippen LogP contribution in [-0.4, -0.2) is 43.6 Å². The van der Waals surface area contributed by atoms with Gasteiger partial charge in [0, 0.05) is 43.8 Å². The molecule has 1 aliphatic rings. The highest BCUT2D eigenvalue weighted by atomic mass is 32.1. The molecule has 1 saturated heterocycles. The van der Waals surface area contributed by atoms with E-state index in [1.807, 2.05) is 6.92 Å². The Morgan fingerprint density at radius 1 is 1.32 bits per heavy atom. The number of hydrogen-bond donors (Lipinski definition) is 3. The second kappa shape index (κ2) is 9.20. The molecular weight excluding hydrogens is 413 g/mol. The monoisotopic (exact) mass is 441 g/mol. The van der Waals surface area contributed by atoms with Gasteiger partial charge in [0.25, 0.3) is 5.91 Å². The van der Waals surface area contributed by atoms with Crippen LogP contribution < -0.4 is 21.3 Å². The Labute approximate surface area is 185 Å². The molecule has 1 fully saturated rings. The quantitative estimate of drug-likeness (QED) is 0.544. The number of halogens is 1. The molecule has 0 radical (unpaired) electrons. The Morgan fingerprint density at radius 2 is 2.03 bits per heavy atom. The van der Waals surface area contributed by atoms with E-state index in [4.69, 9.17) is 5.73 Å². The smallest absolute Gasteiger partial charge is 0.263 e. The fourth-order valence-electron chi connectivity index (χ4n) is 3.90. The minimum Gasteiger partial charge on any atom is -0.397 e. The third-order valence-electron chi connectivity index (χ3n) is 5.65. The van der Waals surface area contributed by atoms with Crippen molar-refractivity contribution < 1.29 is 9.18 Å². The van der Waals surface area contributed by atoms with E-state index < -0.39 is 6.17 Å². The zero-order valence-corrected chi connectivity index (χ0v) is 18.7. The Hall–Kier alpha value is -2.71. The van der Waals surface area contributed by atoms with Gasteiger partial charge in [0.2, 0.25) is 0 Å². The highest BCUT2D eigenvalue weighted by Gasteiger charge is 2.20. The van der Waals surface area contributed by atoms with Crippen LogP contribution in [0.15, 0.2) is 30.3 Å². The fourth-order valence-corrected chi connectivity index (χ4v) is 5.00. The van der Waals surface area contributed by atoms with Crippen LogP contribution in [0.25, 0.3) is 10.2 Å². The van der Waals surface area contributed by atoms with Crippen LogP contribution in [-0.2, 0) is 6.42 Å². The summed E-state index contributed by atoms with van der Waals surface area (Å²) < 4.78 is 13.7. The molecule has 4 rings (SSSR count). The number of benzene rings is 1. The number of pyridine rings is 1. The second-order valence-corrected chi connectivity index (χ2v) is 8.91. The maximum atomic E-state index is 13.7. The van der Waals surface area contributed by atoms with E-state index in [0.29, 0.717) is 27.6 Å². The first kappa shape index (κ1) is 21.5. The summed E-state index contributed by atoms with van der Waals surface area (Å²) in [5.41, 5.74) is 10.3. The first-order valence-corrected chi connectivity index (χ1v) is 11.4. The molecule has 1 aliphatic heterocycles. The number of piperazine rings is 1. The lowest BCUT2D eigenvalue weighted by molar-refractivity contribution is 0.0959. The lowest BCUT2D eigenvalue weighted by Crippen LogP contribution is -2.43. The number of fused-ring (bicyclic) bond motifs is 1. The standard InChI is InChI=1S/C23H28FN5OS/c1-14-13-18(15(2)24)28-23-19(14)20(25)21(31-23)22(30)27-8-7-16-3-5-17(6-4-16)29-11-9-26-10-12-29/h3-6,13,15,26H,7-12,25H2,1-2H3,(H,27,30). The van der Waals surface area contributed by atoms with Gasteiger partial charge in [-0.25, -0.2) is 9.37 Å². The van der Waals surface area contributed by atoms with Gasteiger partial charge in [-0.15, -0.1) is 11.3 Å². The molecule has 1 unspecified atom stereocenters. The van der Waals surface area contributed by atoms with E-state index >= 15 is 0 Å². The zero-order chi connectivity index (χ0) is 22.0. The van der Waals surface area contributed by atoms with Crippen molar-refractivity contribution in [3.8, 4) is 0 Å². The van der Waals surface area contributed by atoms with Gasteiger partial charge in [-0.3, -0.25) is 4.79 Å². The highest BCUT2D eigenvalue weighted by Crippen LogP contribution is 2.36. The maximum absolute atomic E-state index is 13.7. The van der Waals surface area contributed by atoms with Gasteiger partial charge in [0.15, 0.2) is 0 Å². The number of alkyl halides is 1. The van der Waals surface area contributed by atoms with Crippen molar-refractivity contribution in [2.24, 2.45) is 0 Å². The number of aryl methyl sites for hydroxylation is 1. The number of nitrogens with two attached hydrogens (primary N) is 1.